The van der Waals surface area contributed by atoms with Gasteiger partial charge in [0.1, 0.15) is 5.75 Å². The SMILES string of the molecule is COc1cc(C2CC(=O)Nc3ccc(O)cc32)ccc1O. The van der Waals surface area contributed by atoms with E-state index in [0.717, 1.165) is 11.1 Å². The number of carbonyl (C=O) groups is 1. The standard InChI is InChI=1S/C16H15NO4/c1-21-15-6-9(2-5-14(15)19)11-8-16(20)17-13-4-3-10(18)7-12(11)13/h2-7,11,18-19H,8H2,1H3,(H,17,20). The van der Waals surface area contributed by atoms with Crippen molar-refractivity contribution in [3.8, 4) is 17.2 Å². The first-order chi connectivity index (χ1) is 10.1. The largest absolute Gasteiger partial charge is 0.508 e. The van der Waals surface area contributed by atoms with Crippen LogP contribution in [-0.4, -0.2) is 23.2 Å². The first kappa shape index (κ1) is 13.3. The Bertz CT molecular complexity index is 711. The summed E-state index contributed by atoms with van der Waals surface area (Å²) in [6.07, 6.45) is 0.282. The fourth-order valence-corrected chi connectivity index (χ4v) is 2.66. The maximum atomic E-state index is 11.9. The van der Waals surface area contributed by atoms with Gasteiger partial charge in [-0.15, -0.1) is 0 Å². The molecule has 0 saturated heterocycles. The quantitative estimate of drug-likeness (QED) is 0.741. The van der Waals surface area contributed by atoms with E-state index in [2.05, 4.69) is 5.32 Å². The molecular weight excluding hydrogens is 270 g/mol. The van der Waals surface area contributed by atoms with Gasteiger partial charge in [0.2, 0.25) is 5.91 Å². The van der Waals surface area contributed by atoms with Crippen LogP contribution in [0.3, 0.4) is 0 Å². The van der Waals surface area contributed by atoms with Gasteiger partial charge in [0.15, 0.2) is 11.5 Å². The maximum absolute atomic E-state index is 11.9. The Balaban J connectivity index is 2.10. The van der Waals surface area contributed by atoms with Crippen LogP contribution < -0.4 is 10.1 Å². The summed E-state index contributed by atoms with van der Waals surface area (Å²) < 4.78 is 5.12. The fraction of sp³-hybridized carbons (Fsp3) is 0.188. The first-order valence-corrected chi connectivity index (χ1v) is 6.58. The summed E-state index contributed by atoms with van der Waals surface area (Å²) in [5.74, 6) is 0.305. The van der Waals surface area contributed by atoms with Gasteiger partial charge in [-0.3, -0.25) is 4.79 Å². The van der Waals surface area contributed by atoms with E-state index < -0.39 is 0 Å². The molecule has 1 aliphatic rings. The summed E-state index contributed by atoms with van der Waals surface area (Å²) >= 11 is 0. The van der Waals surface area contributed by atoms with Crippen LogP contribution in [0.4, 0.5) is 5.69 Å². The molecule has 1 amide bonds. The second kappa shape index (κ2) is 5.01. The average Bonchev–Trinajstić information content (AvgIpc) is 2.47. The van der Waals surface area contributed by atoms with Crippen LogP contribution >= 0.6 is 0 Å². The van der Waals surface area contributed by atoms with Crippen molar-refractivity contribution in [3.05, 3.63) is 47.5 Å². The molecule has 2 aromatic rings. The molecule has 0 bridgehead atoms. The van der Waals surface area contributed by atoms with Crippen molar-refractivity contribution < 1.29 is 19.7 Å². The summed E-state index contributed by atoms with van der Waals surface area (Å²) in [7, 11) is 1.48. The highest BCUT2D eigenvalue weighted by molar-refractivity contribution is 5.95. The number of methoxy groups -OCH3 is 1. The monoisotopic (exact) mass is 285 g/mol. The molecule has 0 spiro atoms. The average molecular weight is 285 g/mol. The van der Waals surface area contributed by atoms with Crippen molar-refractivity contribution in [2.75, 3.05) is 12.4 Å². The van der Waals surface area contributed by atoms with Crippen LogP contribution in [0.5, 0.6) is 17.2 Å². The zero-order valence-corrected chi connectivity index (χ0v) is 11.5. The molecule has 1 heterocycles. The van der Waals surface area contributed by atoms with Gasteiger partial charge in [0, 0.05) is 18.0 Å². The minimum Gasteiger partial charge on any atom is -0.508 e. The third-order valence-corrected chi connectivity index (χ3v) is 3.68. The lowest BCUT2D eigenvalue weighted by Crippen LogP contribution is -2.23. The Labute approximate surface area is 121 Å². The van der Waals surface area contributed by atoms with Gasteiger partial charge in [-0.2, -0.15) is 0 Å². The fourth-order valence-electron chi connectivity index (χ4n) is 2.66. The Hall–Kier alpha value is -2.69. The predicted octanol–water partition coefficient (Wildman–Crippen LogP) is 2.58. The predicted molar refractivity (Wildman–Crippen MR) is 77.9 cm³/mol. The van der Waals surface area contributed by atoms with Crippen molar-refractivity contribution in [1.82, 2.24) is 0 Å². The molecule has 1 aliphatic heterocycles. The zero-order chi connectivity index (χ0) is 15.0. The lowest BCUT2D eigenvalue weighted by Gasteiger charge is -2.26. The molecule has 3 N–H and O–H groups in total. The van der Waals surface area contributed by atoms with Gasteiger partial charge >= 0.3 is 0 Å². The van der Waals surface area contributed by atoms with Crippen LogP contribution in [0.1, 0.15) is 23.5 Å². The maximum Gasteiger partial charge on any atom is 0.225 e. The number of hydrogen-bond donors (Lipinski definition) is 3. The van der Waals surface area contributed by atoms with Crippen molar-refractivity contribution in [3.63, 3.8) is 0 Å². The molecule has 1 unspecified atom stereocenters. The lowest BCUT2D eigenvalue weighted by atomic mass is 9.84. The summed E-state index contributed by atoms with van der Waals surface area (Å²) in [6.45, 7) is 0. The normalized spacial score (nSPS) is 17.0. The minimum absolute atomic E-state index is 0.0534. The summed E-state index contributed by atoms with van der Waals surface area (Å²) in [6, 6.07) is 9.90. The summed E-state index contributed by atoms with van der Waals surface area (Å²) in [4.78, 5) is 11.9. The minimum atomic E-state index is -0.185. The van der Waals surface area contributed by atoms with Crippen LogP contribution in [0.15, 0.2) is 36.4 Å². The van der Waals surface area contributed by atoms with E-state index >= 15 is 0 Å². The van der Waals surface area contributed by atoms with E-state index in [9.17, 15) is 15.0 Å². The lowest BCUT2D eigenvalue weighted by molar-refractivity contribution is -0.116. The number of anilines is 1. The van der Waals surface area contributed by atoms with E-state index in [0.29, 0.717) is 11.4 Å². The highest BCUT2D eigenvalue weighted by atomic mass is 16.5. The first-order valence-electron chi connectivity index (χ1n) is 6.58. The number of phenolic OH excluding ortho intramolecular Hbond substituents is 2. The Morgan fingerprint density at radius 1 is 1.19 bits per heavy atom. The third kappa shape index (κ3) is 2.38. The number of amides is 1. The summed E-state index contributed by atoms with van der Waals surface area (Å²) in [5, 5.41) is 22.2. The van der Waals surface area contributed by atoms with E-state index in [4.69, 9.17) is 4.74 Å². The number of fused-ring (bicyclic) bond motifs is 1. The molecule has 5 heteroatoms. The van der Waals surface area contributed by atoms with Crippen LogP contribution in [-0.2, 0) is 4.79 Å². The van der Waals surface area contributed by atoms with Gasteiger partial charge in [-0.25, -0.2) is 0 Å². The zero-order valence-electron chi connectivity index (χ0n) is 11.5. The molecule has 3 rings (SSSR count). The topological polar surface area (TPSA) is 78.8 Å². The smallest absolute Gasteiger partial charge is 0.225 e. The van der Waals surface area contributed by atoms with E-state index in [-0.39, 0.29) is 29.7 Å². The Kier molecular flexibility index (Phi) is 3.17. The molecule has 0 aromatic heterocycles. The molecule has 0 saturated carbocycles. The molecule has 0 aliphatic carbocycles. The highest BCUT2D eigenvalue weighted by Crippen LogP contribution is 2.40. The number of hydrogen-bond acceptors (Lipinski definition) is 4. The number of ether oxygens (including phenoxy) is 1. The van der Waals surface area contributed by atoms with E-state index in [1.807, 2.05) is 0 Å². The Morgan fingerprint density at radius 2 is 2.00 bits per heavy atom. The molecule has 2 aromatic carbocycles. The molecule has 108 valence electrons. The van der Waals surface area contributed by atoms with Crippen LogP contribution in [0.25, 0.3) is 0 Å². The number of carbonyl (C=O) groups excluding carboxylic acids is 1. The van der Waals surface area contributed by atoms with Crippen molar-refractivity contribution in [2.45, 2.75) is 12.3 Å². The van der Waals surface area contributed by atoms with Gasteiger partial charge in [0.05, 0.1) is 7.11 Å². The van der Waals surface area contributed by atoms with Crippen LogP contribution in [0, 0.1) is 0 Å². The second-order valence-electron chi connectivity index (χ2n) is 5.01. The van der Waals surface area contributed by atoms with Crippen molar-refractivity contribution in [2.24, 2.45) is 0 Å². The molecule has 1 atom stereocenters. The molecule has 5 nitrogen and oxygen atoms in total. The molecule has 0 radical (unpaired) electrons. The number of phenols is 2. The van der Waals surface area contributed by atoms with Gasteiger partial charge in [-0.1, -0.05) is 6.07 Å². The Morgan fingerprint density at radius 3 is 2.76 bits per heavy atom. The molecular formula is C16H15NO4. The summed E-state index contributed by atoms with van der Waals surface area (Å²) in [5.41, 5.74) is 2.40. The number of benzene rings is 2. The number of nitrogens with one attached hydrogen (secondary N) is 1. The van der Waals surface area contributed by atoms with Crippen molar-refractivity contribution in [1.29, 1.82) is 0 Å². The molecule has 0 fully saturated rings. The van der Waals surface area contributed by atoms with Crippen LogP contribution in [0.2, 0.25) is 0 Å². The number of rotatable bonds is 2. The third-order valence-electron chi connectivity index (χ3n) is 3.68. The second-order valence-corrected chi connectivity index (χ2v) is 5.01. The number of aromatic hydroxyl groups is 2. The van der Waals surface area contributed by atoms with E-state index in [1.165, 1.54) is 7.11 Å². The van der Waals surface area contributed by atoms with Gasteiger partial charge < -0.3 is 20.3 Å². The molecule has 21 heavy (non-hydrogen) atoms. The van der Waals surface area contributed by atoms with Gasteiger partial charge in [0.25, 0.3) is 0 Å². The van der Waals surface area contributed by atoms with E-state index in [1.54, 1.807) is 36.4 Å². The van der Waals surface area contributed by atoms with Crippen molar-refractivity contribution >= 4 is 11.6 Å². The van der Waals surface area contributed by atoms with Gasteiger partial charge in [-0.05, 0) is 41.5 Å². The highest BCUT2D eigenvalue weighted by Gasteiger charge is 2.27.